The molecule has 1 atom stereocenters. The summed E-state index contributed by atoms with van der Waals surface area (Å²) in [6.45, 7) is 4.59. The summed E-state index contributed by atoms with van der Waals surface area (Å²) in [5.41, 5.74) is 1.69. The van der Waals surface area contributed by atoms with E-state index in [1.165, 1.54) is 19.2 Å². The smallest absolute Gasteiger partial charge is 0.319 e. The third kappa shape index (κ3) is 3.63. The zero-order valence-electron chi connectivity index (χ0n) is 18.8. The number of anilines is 1. The lowest BCUT2D eigenvalue weighted by atomic mass is 9.76. The number of fused-ring (bicyclic) bond motifs is 2. The van der Waals surface area contributed by atoms with Crippen molar-refractivity contribution in [1.82, 2.24) is 5.32 Å². The van der Waals surface area contributed by atoms with Gasteiger partial charge in [-0.2, -0.15) is 0 Å². The molecule has 2 aliphatic heterocycles. The summed E-state index contributed by atoms with van der Waals surface area (Å²) < 4.78 is 11.4. The SMILES string of the molecule is COC(=O)CNCc1cc([N+](=O)[O-])cc2c1OC1(C=C2)N(CCO)c2ccccc2C1(C)C. The van der Waals surface area contributed by atoms with Gasteiger partial charge in [-0.1, -0.05) is 18.2 Å². The Labute approximate surface area is 191 Å². The number of nitrogens with one attached hydrogen (secondary N) is 1. The van der Waals surface area contributed by atoms with Crippen LogP contribution in [0.5, 0.6) is 5.75 Å². The standard InChI is InChI=1S/C24H27N3O6/c1-23(2)19-6-4-5-7-20(19)26(10-11-28)24(23)9-8-16-12-18(27(30)31)13-17(22(16)33-24)14-25-15-21(29)32-3/h4-9,12-13,25,28H,10-11,14-15H2,1-3H3. The number of carbonyl (C=O) groups excluding carboxylic acids is 1. The van der Waals surface area contributed by atoms with Crippen LogP contribution >= 0.6 is 0 Å². The highest BCUT2D eigenvalue weighted by Gasteiger charge is 2.58. The number of carbonyl (C=O) groups is 1. The number of benzene rings is 2. The zero-order chi connectivity index (χ0) is 23.8. The van der Waals surface area contributed by atoms with Crippen LogP contribution in [-0.4, -0.2) is 48.5 Å². The van der Waals surface area contributed by atoms with Gasteiger partial charge < -0.3 is 24.8 Å². The Bertz CT molecular complexity index is 1130. The fourth-order valence-electron chi connectivity index (χ4n) is 4.76. The van der Waals surface area contributed by atoms with E-state index < -0.39 is 22.0 Å². The van der Waals surface area contributed by atoms with Gasteiger partial charge in [0.2, 0.25) is 5.72 Å². The molecule has 2 aromatic carbocycles. The van der Waals surface area contributed by atoms with Crippen LogP contribution in [0.15, 0.2) is 42.5 Å². The maximum atomic E-state index is 11.5. The topological polar surface area (TPSA) is 114 Å². The number of hydrogen-bond acceptors (Lipinski definition) is 8. The van der Waals surface area contributed by atoms with Gasteiger partial charge in [0.05, 0.1) is 30.6 Å². The van der Waals surface area contributed by atoms with Crippen molar-refractivity contribution in [2.75, 3.05) is 31.7 Å². The molecule has 0 bridgehead atoms. The third-order valence-electron chi connectivity index (χ3n) is 6.44. The van der Waals surface area contributed by atoms with Crippen LogP contribution in [0.2, 0.25) is 0 Å². The van der Waals surface area contributed by atoms with Crippen LogP contribution in [0, 0.1) is 10.1 Å². The van der Waals surface area contributed by atoms with Crippen molar-refractivity contribution in [1.29, 1.82) is 0 Å². The maximum Gasteiger partial charge on any atom is 0.319 e. The fourth-order valence-corrected chi connectivity index (χ4v) is 4.76. The number of nitro groups is 1. The number of nitrogens with zero attached hydrogens (tertiary/aromatic N) is 2. The molecule has 2 aromatic rings. The first-order chi connectivity index (χ1) is 15.7. The van der Waals surface area contributed by atoms with Crippen molar-refractivity contribution in [2.24, 2.45) is 0 Å². The predicted molar refractivity (Wildman–Crippen MR) is 123 cm³/mol. The minimum absolute atomic E-state index is 0.0392. The number of β-amino-alcohol motifs (C(OH)–C–C–N with tert-alkyl or cyclic N) is 1. The van der Waals surface area contributed by atoms with E-state index in [0.29, 0.717) is 23.4 Å². The van der Waals surface area contributed by atoms with Crippen molar-refractivity contribution >= 4 is 23.4 Å². The van der Waals surface area contributed by atoms with Crippen LogP contribution < -0.4 is 15.0 Å². The minimum atomic E-state index is -0.945. The maximum absolute atomic E-state index is 11.5. The molecule has 0 saturated carbocycles. The number of para-hydroxylation sites is 1. The molecule has 1 spiro atoms. The van der Waals surface area contributed by atoms with Gasteiger partial charge in [-0.25, -0.2) is 0 Å². The van der Waals surface area contributed by atoms with E-state index in [0.717, 1.165) is 11.3 Å². The third-order valence-corrected chi connectivity index (χ3v) is 6.44. The molecule has 2 heterocycles. The first-order valence-electron chi connectivity index (χ1n) is 10.7. The molecule has 1 unspecified atom stereocenters. The van der Waals surface area contributed by atoms with E-state index in [2.05, 4.69) is 30.0 Å². The van der Waals surface area contributed by atoms with Gasteiger partial charge in [-0.05, 0) is 37.6 Å². The van der Waals surface area contributed by atoms with Gasteiger partial charge in [-0.15, -0.1) is 0 Å². The molecule has 4 rings (SSSR count). The van der Waals surface area contributed by atoms with Gasteiger partial charge >= 0.3 is 5.97 Å². The summed E-state index contributed by atoms with van der Waals surface area (Å²) in [5, 5.41) is 24.3. The number of aliphatic hydroxyl groups is 1. The normalized spacial score (nSPS) is 19.7. The highest BCUT2D eigenvalue weighted by molar-refractivity contribution is 5.74. The molecule has 9 heteroatoms. The van der Waals surface area contributed by atoms with Crippen LogP contribution in [0.25, 0.3) is 6.08 Å². The van der Waals surface area contributed by atoms with Crippen LogP contribution in [-0.2, 0) is 21.5 Å². The summed E-state index contributed by atoms with van der Waals surface area (Å²) in [7, 11) is 1.30. The van der Waals surface area contributed by atoms with E-state index in [-0.39, 0.29) is 25.4 Å². The number of non-ortho nitro benzene ring substituents is 1. The Kier molecular flexibility index (Phi) is 5.85. The molecule has 0 radical (unpaired) electrons. The first kappa shape index (κ1) is 22.8. The first-order valence-corrected chi connectivity index (χ1v) is 10.7. The average Bonchev–Trinajstić information content (AvgIpc) is 2.98. The zero-order valence-corrected chi connectivity index (χ0v) is 18.8. The molecule has 0 fully saturated rings. The molecule has 0 aromatic heterocycles. The second-order valence-corrected chi connectivity index (χ2v) is 8.61. The Morgan fingerprint density at radius 1 is 1.30 bits per heavy atom. The number of hydrogen-bond donors (Lipinski definition) is 2. The van der Waals surface area contributed by atoms with Crippen molar-refractivity contribution < 1.29 is 24.3 Å². The molecule has 0 saturated heterocycles. The van der Waals surface area contributed by atoms with Crippen molar-refractivity contribution in [3.8, 4) is 5.75 Å². The number of ether oxygens (including phenoxy) is 2. The Hall–Kier alpha value is -3.43. The summed E-state index contributed by atoms with van der Waals surface area (Å²) in [4.78, 5) is 24.6. The highest BCUT2D eigenvalue weighted by Crippen LogP contribution is 2.55. The highest BCUT2D eigenvalue weighted by atomic mass is 16.6. The largest absolute Gasteiger partial charge is 0.468 e. The van der Waals surface area contributed by atoms with E-state index in [4.69, 9.17) is 4.74 Å². The predicted octanol–water partition coefficient (Wildman–Crippen LogP) is 2.75. The molecule has 174 valence electrons. The van der Waals surface area contributed by atoms with Gasteiger partial charge in [0, 0.05) is 42.0 Å². The lowest BCUT2D eigenvalue weighted by Gasteiger charge is -2.47. The summed E-state index contributed by atoms with van der Waals surface area (Å²) in [6, 6.07) is 10.9. The quantitative estimate of drug-likeness (QED) is 0.374. The van der Waals surface area contributed by atoms with Gasteiger partial charge in [0.15, 0.2) is 0 Å². The molecule has 0 aliphatic carbocycles. The van der Waals surface area contributed by atoms with Gasteiger partial charge in [-0.3, -0.25) is 14.9 Å². The van der Waals surface area contributed by atoms with Crippen LogP contribution in [0.1, 0.15) is 30.5 Å². The van der Waals surface area contributed by atoms with Gasteiger partial charge in [0.25, 0.3) is 5.69 Å². The van der Waals surface area contributed by atoms with Crippen molar-refractivity contribution in [2.45, 2.75) is 31.5 Å². The fraction of sp³-hybridized carbons (Fsp3) is 0.375. The molecule has 2 N–H and O–H groups in total. The Morgan fingerprint density at radius 3 is 2.76 bits per heavy atom. The second kappa shape index (κ2) is 8.49. The molecule has 2 aliphatic rings. The van der Waals surface area contributed by atoms with Crippen molar-refractivity contribution in [3.05, 3.63) is 69.3 Å². The van der Waals surface area contributed by atoms with Crippen molar-refractivity contribution in [3.63, 3.8) is 0 Å². The summed E-state index contributed by atoms with van der Waals surface area (Å²) in [5.74, 6) is 0.0670. The molecular weight excluding hydrogens is 426 g/mol. The lowest BCUT2D eigenvalue weighted by Crippen LogP contribution is -2.60. The minimum Gasteiger partial charge on any atom is -0.468 e. The number of esters is 1. The molecule has 0 amide bonds. The summed E-state index contributed by atoms with van der Waals surface area (Å²) in [6.07, 6.45) is 3.76. The molecule has 33 heavy (non-hydrogen) atoms. The van der Waals surface area contributed by atoms with E-state index in [1.807, 2.05) is 35.3 Å². The lowest BCUT2D eigenvalue weighted by molar-refractivity contribution is -0.385. The number of nitro benzene ring substituents is 1. The number of aliphatic hydroxyl groups excluding tert-OH is 1. The van der Waals surface area contributed by atoms with E-state index in [1.54, 1.807) is 0 Å². The summed E-state index contributed by atoms with van der Waals surface area (Å²) >= 11 is 0. The second-order valence-electron chi connectivity index (χ2n) is 8.61. The Morgan fingerprint density at radius 2 is 2.06 bits per heavy atom. The average molecular weight is 453 g/mol. The Balaban J connectivity index is 1.80. The molecular formula is C24H27N3O6. The monoisotopic (exact) mass is 453 g/mol. The van der Waals surface area contributed by atoms with Crippen LogP contribution in [0.3, 0.4) is 0 Å². The molecule has 9 nitrogen and oxygen atoms in total. The van der Waals surface area contributed by atoms with Gasteiger partial charge in [0.1, 0.15) is 5.75 Å². The van der Waals surface area contributed by atoms with E-state index in [9.17, 15) is 20.0 Å². The van der Waals surface area contributed by atoms with E-state index >= 15 is 0 Å². The number of rotatable bonds is 7. The van der Waals surface area contributed by atoms with Crippen LogP contribution in [0.4, 0.5) is 11.4 Å². The number of methoxy groups -OCH3 is 1.